The molecule has 0 spiro atoms. The maximum absolute atomic E-state index is 12.5. The Morgan fingerprint density at radius 1 is 0.667 bits per heavy atom. The molecule has 3 aromatic rings. The van der Waals surface area contributed by atoms with Gasteiger partial charge in [0.05, 0.1) is 0 Å². The van der Waals surface area contributed by atoms with Crippen LogP contribution >= 0.6 is 0 Å². The molecule has 122 valence electrons. The van der Waals surface area contributed by atoms with E-state index in [9.17, 15) is 8.42 Å². The number of benzene rings is 2. The van der Waals surface area contributed by atoms with Crippen molar-refractivity contribution >= 4 is 21.6 Å². The summed E-state index contributed by atoms with van der Waals surface area (Å²) in [5.41, 5.74) is 2.07. The van der Waals surface area contributed by atoms with Crippen molar-refractivity contribution in [1.82, 2.24) is 10.2 Å². The van der Waals surface area contributed by atoms with E-state index in [2.05, 4.69) is 10.2 Å². The number of hydrogen-bond acceptors (Lipinski definition) is 4. The Bertz CT molecular complexity index is 848. The highest BCUT2D eigenvalue weighted by Crippen LogP contribution is 2.18. The van der Waals surface area contributed by atoms with Crippen LogP contribution in [0.15, 0.2) is 80.5 Å². The highest BCUT2D eigenvalue weighted by Gasteiger charge is 2.13. The van der Waals surface area contributed by atoms with Crippen LogP contribution in [-0.2, 0) is 21.6 Å². The summed E-state index contributed by atoms with van der Waals surface area (Å²) in [7, 11) is -2.80. The molecule has 0 fully saturated rings. The number of nitrogens with zero attached hydrogens (tertiary/aromatic N) is 2. The number of rotatable bonds is 4. The van der Waals surface area contributed by atoms with Crippen molar-refractivity contribution < 1.29 is 8.42 Å². The maximum atomic E-state index is 12.5. The van der Waals surface area contributed by atoms with Gasteiger partial charge in [0, 0.05) is 9.79 Å². The summed E-state index contributed by atoms with van der Waals surface area (Å²) in [5, 5.41) is 8.73. The van der Waals surface area contributed by atoms with Crippen LogP contribution in [0.5, 0.6) is 0 Å². The van der Waals surface area contributed by atoms with E-state index in [1.807, 2.05) is 50.2 Å². The topological polar surface area (TPSA) is 59.9 Å². The quantitative estimate of drug-likeness (QED) is 0.719. The van der Waals surface area contributed by atoms with Crippen LogP contribution in [0.1, 0.15) is 11.1 Å². The Morgan fingerprint density at radius 2 is 1.08 bits per heavy atom. The van der Waals surface area contributed by atoms with Gasteiger partial charge >= 0.3 is 0 Å². The monoisotopic (exact) mass is 356 g/mol. The summed E-state index contributed by atoms with van der Waals surface area (Å²) in [6, 6.07) is 18.2. The zero-order valence-corrected chi connectivity index (χ0v) is 14.9. The third kappa shape index (κ3) is 3.66. The summed E-state index contributed by atoms with van der Waals surface area (Å²) in [4.78, 5) is 1.36. The summed E-state index contributed by atoms with van der Waals surface area (Å²) >= 11 is 0. The van der Waals surface area contributed by atoms with Crippen molar-refractivity contribution in [1.29, 1.82) is 0 Å². The normalized spacial score (nSPS) is 13.4. The van der Waals surface area contributed by atoms with Crippen LogP contribution in [0.3, 0.4) is 0 Å². The van der Waals surface area contributed by atoms with Crippen LogP contribution in [0.25, 0.3) is 0 Å². The molecule has 0 N–H and O–H groups in total. The summed E-state index contributed by atoms with van der Waals surface area (Å²) in [6.07, 6.45) is 0. The van der Waals surface area contributed by atoms with E-state index < -0.39 is 21.6 Å². The van der Waals surface area contributed by atoms with Crippen LogP contribution in [0, 0.1) is 13.8 Å². The second kappa shape index (κ2) is 7.15. The fourth-order valence-electron chi connectivity index (χ4n) is 2.21. The molecule has 24 heavy (non-hydrogen) atoms. The van der Waals surface area contributed by atoms with E-state index in [1.54, 1.807) is 24.3 Å². The molecular weight excluding hydrogens is 340 g/mol. The third-order valence-electron chi connectivity index (χ3n) is 3.40. The molecule has 3 rings (SSSR count). The van der Waals surface area contributed by atoms with Crippen LogP contribution in [0.2, 0.25) is 0 Å². The third-order valence-corrected chi connectivity index (χ3v) is 5.96. The molecule has 0 aliphatic heterocycles. The van der Waals surface area contributed by atoms with Gasteiger partial charge in [0.15, 0.2) is 10.1 Å². The number of hydrogen-bond donors (Lipinski definition) is 0. The molecule has 4 nitrogen and oxygen atoms in total. The molecule has 0 radical (unpaired) electrons. The fraction of sp³-hybridized carbons (Fsp3) is 0.111. The van der Waals surface area contributed by atoms with Crippen LogP contribution in [0.4, 0.5) is 0 Å². The second-order valence-electron chi connectivity index (χ2n) is 5.38. The molecule has 0 bridgehead atoms. The first-order valence-corrected chi connectivity index (χ1v) is 9.65. The predicted molar refractivity (Wildman–Crippen MR) is 93.7 cm³/mol. The highest BCUT2D eigenvalue weighted by atomic mass is 32.2. The van der Waals surface area contributed by atoms with Gasteiger partial charge in [-0.15, -0.1) is 10.2 Å². The highest BCUT2D eigenvalue weighted by molar-refractivity contribution is 7.85. The molecule has 1 heterocycles. The molecular formula is C18H16N2O2S2. The largest absolute Gasteiger partial charge is 0.247 e. The van der Waals surface area contributed by atoms with Gasteiger partial charge in [-0.05, 0) is 61.4 Å². The Balaban J connectivity index is 1.85. The minimum Gasteiger partial charge on any atom is -0.247 e. The first-order valence-electron chi connectivity index (χ1n) is 7.35. The first kappa shape index (κ1) is 16.7. The summed E-state index contributed by atoms with van der Waals surface area (Å²) in [6.45, 7) is 3.89. The lowest BCUT2D eigenvalue weighted by Crippen LogP contribution is -2.03. The fourth-order valence-corrected chi connectivity index (χ4v) is 4.29. The van der Waals surface area contributed by atoms with Crippen molar-refractivity contribution in [2.75, 3.05) is 0 Å². The van der Waals surface area contributed by atoms with Gasteiger partial charge in [-0.25, -0.2) is 8.42 Å². The minimum atomic E-state index is -1.40. The maximum Gasteiger partial charge on any atom is 0.154 e. The molecule has 1 aromatic heterocycles. The van der Waals surface area contributed by atoms with Crippen molar-refractivity contribution in [2.45, 2.75) is 33.7 Å². The zero-order valence-electron chi connectivity index (χ0n) is 13.3. The van der Waals surface area contributed by atoms with Gasteiger partial charge < -0.3 is 0 Å². The molecule has 6 heteroatoms. The lowest BCUT2D eigenvalue weighted by Gasteiger charge is -2.04. The van der Waals surface area contributed by atoms with Crippen LogP contribution in [-0.4, -0.2) is 18.6 Å². The smallest absolute Gasteiger partial charge is 0.154 e. The van der Waals surface area contributed by atoms with Gasteiger partial charge in [-0.2, -0.15) is 0 Å². The Kier molecular flexibility index (Phi) is 4.97. The Morgan fingerprint density at radius 3 is 1.42 bits per heavy atom. The van der Waals surface area contributed by atoms with Crippen molar-refractivity contribution in [3.8, 4) is 0 Å². The van der Waals surface area contributed by atoms with E-state index in [4.69, 9.17) is 0 Å². The standard InChI is InChI=1S/C18H16N2O2S2/c1-13-5-3-7-15(11-13)23(21)17-9-10-18(20-19-17)24(22)16-8-4-6-14(2)12-16/h3-12H,1-2H3. The van der Waals surface area contributed by atoms with E-state index >= 15 is 0 Å². The average molecular weight is 356 g/mol. The lowest BCUT2D eigenvalue weighted by molar-refractivity contribution is 0.668. The first-order chi connectivity index (χ1) is 11.5. The number of aryl methyl sites for hydroxylation is 2. The zero-order chi connectivity index (χ0) is 17.1. The Hall–Kier alpha value is -2.18. The number of aromatic nitrogens is 2. The second-order valence-corrected chi connectivity index (χ2v) is 8.23. The molecule has 2 aromatic carbocycles. The summed E-state index contributed by atoms with van der Waals surface area (Å²) in [5.74, 6) is 0. The van der Waals surface area contributed by atoms with E-state index in [0.29, 0.717) is 19.8 Å². The molecule has 0 saturated heterocycles. The van der Waals surface area contributed by atoms with E-state index in [0.717, 1.165) is 11.1 Å². The SMILES string of the molecule is Cc1cccc(S(=O)c2ccc(S(=O)c3cccc(C)c3)nn2)c1. The average Bonchev–Trinajstić information content (AvgIpc) is 2.60. The van der Waals surface area contributed by atoms with Gasteiger partial charge in [0.1, 0.15) is 21.6 Å². The van der Waals surface area contributed by atoms with Crippen LogP contribution < -0.4 is 0 Å². The molecule has 0 aliphatic carbocycles. The van der Waals surface area contributed by atoms with Crippen molar-refractivity contribution in [2.24, 2.45) is 0 Å². The van der Waals surface area contributed by atoms with E-state index in [1.165, 1.54) is 0 Å². The molecule has 0 aliphatic rings. The van der Waals surface area contributed by atoms with Crippen molar-refractivity contribution in [3.63, 3.8) is 0 Å². The predicted octanol–water partition coefficient (Wildman–Crippen LogP) is 3.43. The molecule has 0 saturated carbocycles. The van der Waals surface area contributed by atoms with E-state index in [-0.39, 0.29) is 0 Å². The Labute approximate surface area is 145 Å². The minimum absolute atomic E-state index is 0.352. The van der Waals surface area contributed by atoms with Gasteiger partial charge in [-0.1, -0.05) is 24.3 Å². The van der Waals surface area contributed by atoms with Gasteiger partial charge in [0.25, 0.3) is 0 Å². The van der Waals surface area contributed by atoms with Crippen molar-refractivity contribution in [3.05, 3.63) is 71.8 Å². The lowest BCUT2D eigenvalue weighted by atomic mass is 10.2. The molecule has 0 amide bonds. The molecule has 2 unspecified atom stereocenters. The summed E-state index contributed by atoms with van der Waals surface area (Å²) < 4.78 is 25.1. The van der Waals surface area contributed by atoms with Gasteiger partial charge in [0.2, 0.25) is 0 Å². The van der Waals surface area contributed by atoms with Gasteiger partial charge in [-0.3, -0.25) is 0 Å². The molecule has 2 atom stereocenters.